The van der Waals surface area contributed by atoms with Crippen LogP contribution in [0.1, 0.15) is 70.3 Å². The van der Waals surface area contributed by atoms with Crippen LogP contribution < -0.4 is 4.74 Å². The van der Waals surface area contributed by atoms with E-state index in [1.807, 2.05) is 12.1 Å². The van der Waals surface area contributed by atoms with E-state index in [9.17, 15) is 8.42 Å². The van der Waals surface area contributed by atoms with Crippen LogP contribution in [0.5, 0.6) is 5.75 Å². The molecule has 0 aromatic heterocycles. The summed E-state index contributed by atoms with van der Waals surface area (Å²) in [4.78, 5) is 3.15. The fourth-order valence-electron chi connectivity index (χ4n) is 5.64. The maximum Gasteiger partial charge on any atom is 0.178 e. The summed E-state index contributed by atoms with van der Waals surface area (Å²) in [6.45, 7) is 4.52. The molecule has 5 rings (SSSR count). The van der Waals surface area contributed by atoms with Crippen LogP contribution in [-0.4, -0.2) is 43.8 Å². The van der Waals surface area contributed by atoms with Gasteiger partial charge in [-0.25, -0.2) is 8.42 Å². The van der Waals surface area contributed by atoms with Crippen molar-refractivity contribution in [3.05, 3.63) is 35.4 Å². The smallest absolute Gasteiger partial charge is 0.178 e. The molecule has 4 aliphatic rings. The van der Waals surface area contributed by atoms with Crippen molar-refractivity contribution in [3.8, 4) is 5.75 Å². The zero-order chi connectivity index (χ0) is 20.8. The van der Waals surface area contributed by atoms with Crippen molar-refractivity contribution < 1.29 is 13.2 Å². The van der Waals surface area contributed by atoms with E-state index < -0.39 is 9.84 Å². The van der Waals surface area contributed by atoms with Crippen molar-refractivity contribution in [1.82, 2.24) is 4.90 Å². The topological polar surface area (TPSA) is 46.6 Å². The standard InChI is InChI=1S/C25H35NO3S/c1-25(16-22-8-5-13-26(22)17-19-6-3-2-4-7-19)15-21-14-23(11-12-24(21)29-25)30(27,28)18-20-9-10-20/h6,11-12,14,20,22H,2-5,7-10,13,15-18H2,1H3. The van der Waals surface area contributed by atoms with Crippen LogP contribution in [-0.2, 0) is 16.3 Å². The Balaban J connectivity index is 1.26. The molecule has 1 saturated carbocycles. The van der Waals surface area contributed by atoms with Crippen molar-refractivity contribution in [2.75, 3.05) is 18.8 Å². The highest BCUT2D eigenvalue weighted by molar-refractivity contribution is 7.91. The van der Waals surface area contributed by atoms with Crippen molar-refractivity contribution in [2.24, 2.45) is 5.92 Å². The predicted octanol–water partition coefficient (Wildman–Crippen LogP) is 4.92. The van der Waals surface area contributed by atoms with Crippen LogP contribution in [0, 0.1) is 5.92 Å². The van der Waals surface area contributed by atoms with Crippen LogP contribution in [0.25, 0.3) is 0 Å². The summed E-state index contributed by atoms with van der Waals surface area (Å²) >= 11 is 0. The summed E-state index contributed by atoms with van der Waals surface area (Å²) in [7, 11) is -3.17. The van der Waals surface area contributed by atoms with E-state index in [2.05, 4.69) is 17.9 Å². The highest BCUT2D eigenvalue weighted by Gasteiger charge is 2.40. The molecule has 2 aliphatic heterocycles. The molecule has 30 heavy (non-hydrogen) atoms. The third-order valence-electron chi connectivity index (χ3n) is 7.42. The lowest BCUT2D eigenvalue weighted by atomic mass is 9.90. The lowest BCUT2D eigenvalue weighted by Gasteiger charge is -2.33. The number of allylic oxidation sites excluding steroid dienone is 1. The normalized spacial score (nSPS) is 29.5. The summed E-state index contributed by atoms with van der Waals surface area (Å²) in [6.07, 6.45) is 14.1. The minimum Gasteiger partial charge on any atom is -0.487 e. The molecule has 4 nitrogen and oxygen atoms in total. The largest absolute Gasteiger partial charge is 0.487 e. The van der Waals surface area contributed by atoms with Gasteiger partial charge in [0.2, 0.25) is 0 Å². The van der Waals surface area contributed by atoms with Crippen molar-refractivity contribution in [2.45, 2.75) is 87.7 Å². The first kappa shape index (κ1) is 20.6. The number of rotatable bonds is 7. The summed E-state index contributed by atoms with van der Waals surface area (Å²) in [5.41, 5.74) is 2.45. The summed E-state index contributed by atoms with van der Waals surface area (Å²) < 4.78 is 31.8. The van der Waals surface area contributed by atoms with Crippen molar-refractivity contribution >= 4 is 9.84 Å². The summed E-state index contributed by atoms with van der Waals surface area (Å²) in [6, 6.07) is 6.09. The molecule has 0 N–H and O–H groups in total. The first-order valence-corrected chi connectivity index (χ1v) is 13.5. The number of fused-ring (bicyclic) bond motifs is 1. The Labute approximate surface area is 181 Å². The fraction of sp³-hybridized carbons (Fsp3) is 0.680. The molecule has 1 aromatic carbocycles. The first-order chi connectivity index (χ1) is 14.4. The van der Waals surface area contributed by atoms with Gasteiger partial charge >= 0.3 is 0 Å². The fourth-order valence-corrected chi connectivity index (χ4v) is 7.38. The van der Waals surface area contributed by atoms with Gasteiger partial charge in [-0.3, -0.25) is 4.90 Å². The van der Waals surface area contributed by atoms with Gasteiger partial charge in [0.25, 0.3) is 0 Å². The average Bonchev–Trinajstić information content (AvgIpc) is 3.30. The van der Waals surface area contributed by atoms with Gasteiger partial charge in [-0.1, -0.05) is 11.6 Å². The second-order valence-electron chi connectivity index (χ2n) is 10.3. The molecular formula is C25H35NO3S. The second kappa shape index (κ2) is 7.98. The minimum atomic E-state index is -3.17. The van der Waals surface area contributed by atoms with Gasteiger partial charge in [0, 0.05) is 25.4 Å². The number of ether oxygens (including phenoxy) is 1. The number of nitrogens with zero attached hydrogens (tertiary/aromatic N) is 1. The van der Waals surface area contributed by atoms with Crippen LogP contribution in [0.15, 0.2) is 34.7 Å². The van der Waals surface area contributed by atoms with Crippen molar-refractivity contribution in [1.29, 1.82) is 0 Å². The van der Waals surface area contributed by atoms with Gasteiger partial charge < -0.3 is 4.74 Å². The Kier molecular flexibility index (Phi) is 5.47. The molecule has 1 aromatic rings. The lowest BCUT2D eigenvalue weighted by Crippen LogP contribution is -2.41. The maximum atomic E-state index is 12.7. The molecule has 2 unspecified atom stereocenters. The molecule has 2 fully saturated rings. The van der Waals surface area contributed by atoms with E-state index >= 15 is 0 Å². The molecule has 0 spiro atoms. The predicted molar refractivity (Wildman–Crippen MR) is 120 cm³/mol. The Morgan fingerprint density at radius 3 is 2.80 bits per heavy atom. The monoisotopic (exact) mass is 429 g/mol. The Bertz CT molecular complexity index is 934. The number of benzene rings is 1. The van der Waals surface area contributed by atoms with E-state index in [1.54, 1.807) is 11.6 Å². The van der Waals surface area contributed by atoms with Crippen LogP contribution in [0.2, 0.25) is 0 Å². The van der Waals surface area contributed by atoms with E-state index in [0.717, 1.165) is 43.5 Å². The summed E-state index contributed by atoms with van der Waals surface area (Å²) in [5.74, 6) is 1.55. The molecule has 2 aliphatic carbocycles. The highest BCUT2D eigenvalue weighted by atomic mass is 32.2. The van der Waals surface area contributed by atoms with Gasteiger partial charge in [-0.05, 0) is 94.5 Å². The van der Waals surface area contributed by atoms with E-state index in [-0.39, 0.29) is 5.60 Å². The summed E-state index contributed by atoms with van der Waals surface area (Å²) in [5, 5.41) is 0. The molecule has 2 heterocycles. The molecule has 1 saturated heterocycles. The van der Waals surface area contributed by atoms with E-state index in [1.165, 1.54) is 45.1 Å². The Morgan fingerprint density at radius 1 is 1.17 bits per heavy atom. The van der Waals surface area contributed by atoms with Gasteiger partial charge in [0.15, 0.2) is 9.84 Å². The molecule has 0 bridgehead atoms. The Morgan fingerprint density at radius 2 is 2.03 bits per heavy atom. The first-order valence-electron chi connectivity index (χ1n) is 11.9. The third-order valence-corrected chi connectivity index (χ3v) is 9.30. The third kappa shape index (κ3) is 4.47. The maximum absolute atomic E-state index is 12.7. The molecule has 5 heteroatoms. The van der Waals surface area contributed by atoms with E-state index in [4.69, 9.17) is 4.74 Å². The van der Waals surface area contributed by atoms with Gasteiger partial charge in [-0.15, -0.1) is 0 Å². The number of hydrogen-bond acceptors (Lipinski definition) is 4. The van der Waals surface area contributed by atoms with E-state index in [0.29, 0.717) is 22.6 Å². The highest BCUT2D eigenvalue weighted by Crippen LogP contribution is 2.41. The molecule has 0 amide bonds. The lowest BCUT2D eigenvalue weighted by molar-refractivity contribution is 0.0726. The van der Waals surface area contributed by atoms with Gasteiger partial charge in [-0.2, -0.15) is 0 Å². The van der Waals surface area contributed by atoms with Gasteiger partial charge in [0.05, 0.1) is 10.6 Å². The molecule has 2 atom stereocenters. The minimum absolute atomic E-state index is 0.241. The molecule has 164 valence electrons. The number of sulfone groups is 1. The average molecular weight is 430 g/mol. The van der Waals surface area contributed by atoms with Crippen LogP contribution >= 0.6 is 0 Å². The SMILES string of the molecule is CC1(CC2CCCN2CC2=CCCCC2)Cc2cc(S(=O)(=O)CC3CC3)ccc2O1. The zero-order valence-corrected chi connectivity index (χ0v) is 19.1. The Hall–Kier alpha value is -1.33. The van der Waals surface area contributed by atoms with Crippen LogP contribution in [0.4, 0.5) is 0 Å². The molecular weight excluding hydrogens is 394 g/mol. The zero-order valence-electron chi connectivity index (χ0n) is 18.2. The number of likely N-dealkylation sites (tertiary alicyclic amines) is 1. The molecule has 0 radical (unpaired) electrons. The van der Waals surface area contributed by atoms with Crippen LogP contribution in [0.3, 0.4) is 0 Å². The second-order valence-corrected chi connectivity index (χ2v) is 12.3. The van der Waals surface area contributed by atoms with Crippen molar-refractivity contribution in [3.63, 3.8) is 0 Å². The number of hydrogen-bond donors (Lipinski definition) is 0. The quantitative estimate of drug-likeness (QED) is 0.577. The van der Waals surface area contributed by atoms with Gasteiger partial charge in [0.1, 0.15) is 11.4 Å².